The van der Waals surface area contributed by atoms with Gasteiger partial charge in [0, 0.05) is 22.2 Å². The number of carbonyl (C=O) groups is 1. The van der Waals surface area contributed by atoms with Crippen LogP contribution in [0, 0.1) is 31.1 Å². The minimum atomic E-state index is -0.213. The highest BCUT2D eigenvalue weighted by Crippen LogP contribution is 2.22. The van der Waals surface area contributed by atoms with E-state index in [0.29, 0.717) is 11.6 Å². The number of aryl methyl sites for hydroxylation is 1. The van der Waals surface area contributed by atoms with E-state index in [2.05, 4.69) is 5.10 Å². The maximum Gasteiger partial charge on any atom is 0.175 e. The van der Waals surface area contributed by atoms with Crippen LogP contribution < -0.4 is 0 Å². The molecule has 0 aliphatic rings. The fourth-order valence-corrected chi connectivity index (χ4v) is 2.67. The highest BCUT2D eigenvalue weighted by Gasteiger charge is 2.17. The number of ketones is 1. The molecule has 1 aromatic heterocycles. The molecule has 0 N–H and O–H groups in total. The number of carbonyl (C=O) groups excluding carboxylic acids is 1. The summed E-state index contributed by atoms with van der Waals surface area (Å²) in [6.45, 7) is 7.91. The van der Waals surface area contributed by atoms with Gasteiger partial charge < -0.3 is 0 Å². The van der Waals surface area contributed by atoms with E-state index in [1.807, 2.05) is 48.9 Å². The Morgan fingerprint density at radius 2 is 2.04 bits per heavy atom. The number of hydrogen-bond donors (Lipinski definition) is 0. The first-order valence-corrected chi connectivity index (χ1v) is 8.16. The summed E-state index contributed by atoms with van der Waals surface area (Å²) in [7, 11) is 0. The summed E-state index contributed by atoms with van der Waals surface area (Å²) >= 11 is 6.22. The number of rotatable bonds is 5. The van der Waals surface area contributed by atoms with Gasteiger partial charge in [0.15, 0.2) is 5.78 Å². The van der Waals surface area contributed by atoms with Crippen molar-refractivity contribution in [1.29, 1.82) is 5.26 Å². The Morgan fingerprint density at radius 1 is 1.38 bits per heavy atom. The van der Waals surface area contributed by atoms with Crippen LogP contribution in [0.2, 0.25) is 5.02 Å². The molecule has 0 aliphatic heterocycles. The molecule has 0 radical (unpaired) electrons. The molecule has 0 aliphatic carbocycles. The van der Waals surface area contributed by atoms with Crippen molar-refractivity contribution >= 4 is 23.5 Å². The maximum absolute atomic E-state index is 12.1. The van der Waals surface area contributed by atoms with Gasteiger partial charge in [-0.05, 0) is 31.6 Å². The van der Waals surface area contributed by atoms with E-state index in [0.717, 1.165) is 22.5 Å². The van der Waals surface area contributed by atoms with Crippen molar-refractivity contribution in [3.8, 4) is 6.07 Å². The Morgan fingerprint density at radius 3 is 2.62 bits per heavy atom. The van der Waals surface area contributed by atoms with Crippen LogP contribution in [-0.4, -0.2) is 15.6 Å². The average Bonchev–Trinajstić information content (AvgIpc) is 2.80. The Bertz CT molecular complexity index is 841. The minimum absolute atomic E-state index is 0.157. The fraction of sp³-hybridized carbons (Fsp3) is 0.316. The number of halogens is 1. The smallest absolute Gasteiger partial charge is 0.175 e. The van der Waals surface area contributed by atoms with Gasteiger partial charge in [-0.2, -0.15) is 10.4 Å². The molecule has 0 unspecified atom stereocenters. The second kappa shape index (κ2) is 7.46. The highest BCUT2D eigenvalue weighted by molar-refractivity contribution is 6.31. The molecule has 5 heteroatoms. The average molecular weight is 342 g/mol. The predicted molar refractivity (Wildman–Crippen MR) is 95.7 cm³/mol. The molecule has 0 fully saturated rings. The van der Waals surface area contributed by atoms with Crippen molar-refractivity contribution in [1.82, 2.24) is 9.78 Å². The summed E-state index contributed by atoms with van der Waals surface area (Å²) in [4.78, 5) is 12.1. The zero-order valence-electron chi connectivity index (χ0n) is 14.3. The summed E-state index contributed by atoms with van der Waals surface area (Å²) in [5.41, 5.74) is 3.63. The van der Waals surface area contributed by atoms with E-state index in [9.17, 15) is 10.1 Å². The van der Waals surface area contributed by atoms with E-state index in [4.69, 9.17) is 11.6 Å². The van der Waals surface area contributed by atoms with Crippen molar-refractivity contribution in [2.75, 3.05) is 0 Å². The quantitative estimate of drug-likeness (QED) is 0.600. The van der Waals surface area contributed by atoms with E-state index in [1.165, 1.54) is 0 Å². The number of Topliss-reactive ketones (excluding diaryl/α,β-unsaturated/α-hetero) is 1. The summed E-state index contributed by atoms with van der Waals surface area (Å²) < 4.78 is 1.84. The third-order valence-corrected chi connectivity index (χ3v) is 4.28. The molecule has 4 nitrogen and oxygen atoms in total. The Labute approximate surface area is 147 Å². The first-order valence-electron chi connectivity index (χ1n) is 7.78. The van der Waals surface area contributed by atoms with Crippen molar-refractivity contribution in [3.05, 3.63) is 57.4 Å². The third-order valence-electron chi connectivity index (χ3n) is 3.91. The summed E-state index contributed by atoms with van der Waals surface area (Å²) in [6.07, 6.45) is 1.64. The lowest BCUT2D eigenvalue weighted by molar-refractivity contribution is -0.117. The van der Waals surface area contributed by atoms with Gasteiger partial charge in [0.2, 0.25) is 0 Å². The lowest BCUT2D eigenvalue weighted by Crippen LogP contribution is -2.09. The topological polar surface area (TPSA) is 58.7 Å². The molecular weight excluding hydrogens is 322 g/mol. The van der Waals surface area contributed by atoms with E-state index in [1.54, 1.807) is 19.9 Å². The molecule has 124 valence electrons. The van der Waals surface area contributed by atoms with Crippen LogP contribution in [0.1, 0.15) is 36.4 Å². The number of hydrogen-bond acceptors (Lipinski definition) is 3. The molecule has 0 spiro atoms. The van der Waals surface area contributed by atoms with Gasteiger partial charge in [0.25, 0.3) is 0 Å². The summed E-state index contributed by atoms with van der Waals surface area (Å²) in [5, 5.41) is 14.5. The summed E-state index contributed by atoms with van der Waals surface area (Å²) in [5.74, 6) is -0.371. The number of nitrogens with zero attached hydrogens (tertiary/aromatic N) is 3. The zero-order chi connectivity index (χ0) is 17.9. The highest BCUT2D eigenvalue weighted by atomic mass is 35.5. The van der Waals surface area contributed by atoms with Gasteiger partial charge >= 0.3 is 0 Å². The van der Waals surface area contributed by atoms with Crippen LogP contribution in [0.4, 0.5) is 0 Å². The number of allylic oxidation sites excluding steroid dienone is 1. The second-order valence-electron chi connectivity index (χ2n) is 6.02. The van der Waals surface area contributed by atoms with Gasteiger partial charge in [-0.15, -0.1) is 0 Å². The van der Waals surface area contributed by atoms with Crippen molar-refractivity contribution in [3.63, 3.8) is 0 Å². The standard InChI is InChI=1S/C19H20ClN3O/c1-12(2)19(24)16(10-21)9-17-13(3)22-23(14(17)4)11-15-7-5-6-8-18(15)20/h5-9,12H,11H2,1-4H3/b16-9+. The molecule has 0 atom stereocenters. The van der Waals surface area contributed by atoms with Crippen molar-refractivity contribution in [2.45, 2.75) is 34.2 Å². The van der Waals surface area contributed by atoms with Crippen LogP contribution in [-0.2, 0) is 11.3 Å². The van der Waals surface area contributed by atoms with E-state index >= 15 is 0 Å². The molecule has 0 saturated carbocycles. The Hall–Kier alpha value is -2.38. The molecule has 0 saturated heterocycles. The van der Waals surface area contributed by atoms with Gasteiger partial charge in [0.1, 0.15) is 6.07 Å². The molecular formula is C19H20ClN3O. The van der Waals surface area contributed by atoms with Crippen molar-refractivity contribution in [2.24, 2.45) is 5.92 Å². The third kappa shape index (κ3) is 3.74. The van der Waals surface area contributed by atoms with Gasteiger partial charge in [-0.1, -0.05) is 43.6 Å². The van der Waals surface area contributed by atoms with Crippen LogP contribution in [0.5, 0.6) is 0 Å². The molecule has 0 amide bonds. The number of benzene rings is 1. The summed E-state index contributed by atoms with van der Waals surface area (Å²) in [6, 6.07) is 9.63. The van der Waals surface area contributed by atoms with Crippen molar-refractivity contribution < 1.29 is 4.79 Å². The number of aromatic nitrogens is 2. The monoisotopic (exact) mass is 341 g/mol. The molecule has 1 heterocycles. The Kier molecular flexibility index (Phi) is 5.58. The van der Waals surface area contributed by atoms with Crippen LogP contribution in [0.25, 0.3) is 6.08 Å². The van der Waals surface area contributed by atoms with Gasteiger partial charge in [-0.3, -0.25) is 9.48 Å². The molecule has 1 aromatic carbocycles. The van der Waals surface area contributed by atoms with E-state index < -0.39 is 0 Å². The lowest BCUT2D eigenvalue weighted by Gasteiger charge is -2.07. The second-order valence-corrected chi connectivity index (χ2v) is 6.43. The molecule has 24 heavy (non-hydrogen) atoms. The lowest BCUT2D eigenvalue weighted by atomic mass is 9.99. The predicted octanol–water partition coefficient (Wildman–Crippen LogP) is 4.33. The molecule has 0 bridgehead atoms. The zero-order valence-corrected chi connectivity index (χ0v) is 15.1. The SMILES string of the molecule is Cc1nn(Cc2ccccc2Cl)c(C)c1/C=C(\C#N)C(=O)C(C)C. The van der Waals surface area contributed by atoms with Gasteiger partial charge in [-0.25, -0.2) is 0 Å². The van der Waals surface area contributed by atoms with Crippen LogP contribution >= 0.6 is 11.6 Å². The van der Waals surface area contributed by atoms with Crippen LogP contribution in [0.15, 0.2) is 29.8 Å². The van der Waals surface area contributed by atoms with Crippen LogP contribution in [0.3, 0.4) is 0 Å². The van der Waals surface area contributed by atoms with Gasteiger partial charge in [0.05, 0.1) is 17.8 Å². The normalized spacial score (nSPS) is 11.6. The first-order chi connectivity index (χ1) is 11.3. The largest absolute Gasteiger partial charge is 0.293 e. The first kappa shape index (κ1) is 18.0. The Balaban J connectivity index is 2.41. The minimum Gasteiger partial charge on any atom is -0.293 e. The molecule has 2 aromatic rings. The number of nitriles is 1. The fourth-order valence-electron chi connectivity index (χ4n) is 2.48. The van der Waals surface area contributed by atoms with E-state index in [-0.39, 0.29) is 17.3 Å². The molecule has 2 rings (SSSR count). The maximum atomic E-state index is 12.1.